The van der Waals surface area contributed by atoms with Crippen LogP contribution in [0.1, 0.15) is 71.6 Å². The SMILES string of the molecule is CC(C)CC1OC(=O)C(C(=O)CCCC2CCCCC2)C1=O. The highest BCUT2D eigenvalue weighted by Gasteiger charge is 2.47. The standard InChI is InChI=1S/C18H28O4/c1-12(2)11-15-17(20)16(18(21)22-15)14(19)10-6-9-13-7-4-3-5-8-13/h12-13,15-16H,3-11H2,1-2H3. The van der Waals surface area contributed by atoms with Crippen LogP contribution < -0.4 is 0 Å². The van der Waals surface area contributed by atoms with Crippen LogP contribution in [0.3, 0.4) is 0 Å². The van der Waals surface area contributed by atoms with Gasteiger partial charge in [0.05, 0.1) is 0 Å². The van der Waals surface area contributed by atoms with Gasteiger partial charge in [-0.2, -0.15) is 0 Å². The smallest absolute Gasteiger partial charge is 0.325 e. The van der Waals surface area contributed by atoms with Gasteiger partial charge in [-0.25, -0.2) is 0 Å². The zero-order valence-electron chi connectivity index (χ0n) is 13.8. The van der Waals surface area contributed by atoms with Crippen LogP contribution in [0.15, 0.2) is 0 Å². The van der Waals surface area contributed by atoms with Gasteiger partial charge < -0.3 is 4.74 Å². The number of Topliss-reactive ketones (excluding diaryl/α,β-unsaturated/α-hetero) is 2. The zero-order chi connectivity index (χ0) is 16.1. The molecule has 0 bridgehead atoms. The molecule has 4 nitrogen and oxygen atoms in total. The van der Waals surface area contributed by atoms with Crippen LogP contribution in [0.2, 0.25) is 0 Å². The molecule has 1 heterocycles. The molecule has 0 spiro atoms. The van der Waals surface area contributed by atoms with Gasteiger partial charge in [-0.15, -0.1) is 0 Å². The molecule has 2 fully saturated rings. The first-order chi connectivity index (χ1) is 10.5. The minimum atomic E-state index is -1.14. The van der Waals surface area contributed by atoms with Crippen molar-refractivity contribution in [2.45, 2.75) is 77.7 Å². The van der Waals surface area contributed by atoms with Crippen molar-refractivity contribution in [3.8, 4) is 0 Å². The fourth-order valence-electron chi connectivity index (χ4n) is 3.64. The largest absolute Gasteiger partial charge is 0.453 e. The molecular formula is C18H28O4. The quantitative estimate of drug-likeness (QED) is 0.534. The van der Waals surface area contributed by atoms with Crippen LogP contribution >= 0.6 is 0 Å². The Hall–Kier alpha value is -1.19. The van der Waals surface area contributed by atoms with Crippen molar-refractivity contribution in [2.75, 3.05) is 0 Å². The fourth-order valence-corrected chi connectivity index (χ4v) is 3.64. The molecule has 0 aromatic heterocycles. The Morgan fingerprint density at radius 1 is 1.18 bits per heavy atom. The Bertz CT molecular complexity index is 421. The normalized spacial score (nSPS) is 26.5. The maximum Gasteiger partial charge on any atom is 0.325 e. The molecule has 2 atom stereocenters. The second-order valence-corrected chi connectivity index (χ2v) is 7.25. The van der Waals surface area contributed by atoms with Gasteiger partial charge in [0.25, 0.3) is 0 Å². The second kappa shape index (κ2) is 7.89. The van der Waals surface area contributed by atoms with Crippen LogP contribution in [0.4, 0.5) is 0 Å². The summed E-state index contributed by atoms with van der Waals surface area (Å²) in [7, 11) is 0. The van der Waals surface area contributed by atoms with E-state index in [1.165, 1.54) is 32.1 Å². The van der Waals surface area contributed by atoms with Crippen LogP contribution in [-0.4, -0.2) is 23.6 Å². The molecule has 0 N–H and O–H groups in total. The van der Waals surface area contributed by atoms with Crippen LogP contribution in [0.25, 0.3) is 0 Å². The summed E-state index contributed by atoms with van der Waals surface area (Å²) < 4.78 is 5.11. The van der Waals surface area contributed by atoms with E-state index < -0.39 is 18.0 Å². The topological polar surface area (TPSA) is 60.4 Å². The predicted octanol–water partition coefficient (Wildman–Crippen LogP) is 3.46. The van der Waals surface area contributed by atoms with Crippen molar-refractivity contribution in [3.05, 3.63) is 0 Å². The number of ether oxygens (including phenoxy) is 1. The Morgan fingerprint density at radius 2 is 1.86 bits per heavy atom. The van der Waals surface area contributed by atoms with E-state index in [0.717, 1.165) is 18.8 Å². The third-order valence-corrected chi connectivity index (χ3v) is 4.86. The first kappa shape index (κ1) is 17.2. The first-order valence-corrected chi connectivity index (χ1v) is 8.76. The Morgan fingerprint density at radius 3 is 2.50 bits per heavy atom. The first-order valence-electron chi connectivity index (χ1n) is 8.76. The highest BCUT2D eigenvalue weighted by atomic mass is 16.6. The molecule has 2 unspecified atom stereocenters. The Kier molecular flexibility index (Phi) is 6.16. The molecule has 124 valence electrons. The number of esters is 1. The summed E-state index contributed by atoms with van der Waals surface area (Å²) in [4.78, 5) is 36.2. The van der Waals surface area contributed by atoms with Gasteiger partial charge in [0.2, 0.25) is 0 Å². The lowest BCUT2D eigenvalue weighted by atomic mass is 9.84. The van der Waals surface area contributed by atoms with Crippen LogP contribution in [-0.2, 0) is 19.1 Å². The summed E-state index contributed by atoms with van der Waals surface area (Å²) in [6.45, 7) is 3.95. The van der Waals surface area contributed by atoms with E-state index in [1.54, 1.807) is 0 Å². The van der Waals surface area contributed by atoms with E-state index in [2.05, 4.69) is 0 Å². The zero-order valence-corrected chi connectivity index (χ0v) is 13.8. The minimum Gasteiger partial charge on any atom is -0.453 e. The predicted molar refractivity (Wildman–Crippen MR) is 83.3 cm³/mol. The van der Waals surface area contributed by atoms with Gasteiger partial charge in [-0.1, -0.05) is 52.4 Å². The molecular weight excluding hydrogens is 280 g/mol. The summed E-state index contributed by atoms with van der Waals surface area (Å²) in [6, 6.07) is 0. The van der Waals surface area contributed by atoms with Crippen molar-refractivity contribution < 1.29 is 19.1 Å². The lowest BCUT2D eigenvalue weighted by Gasteiger charge is -2.21. The van der Waals surface area contributed by atoms with Gasteiger partial charge in [0, 0.05) is 6.42 Å². The summed E-state index contributed by atoms with van der Waals surface area (Å²) in [6.07, 6.45) is 8.39. The number of ketones is 2. The molecule has 0 aromatic rings. The molecule has 22 heavy (non-hydrogen) atoms. The number of cyclic esters (lactones) is 1. The van der Waals surface area contributed by atoms with E-state index in [9.17, 15) is 14.4 Å². The fraction of sp³-hybridized carbons (Fsp3) is 0.833. The van der Waals surface area contributed by atoms with Crippen molar-refractivity contribution in [1.29, 1.82) is 0 Å². The Labute approximate surface area is 133 Å². The van der Waals surface area contributed by atoms with Crippen molar-refractivity contribution >= 4 is 17.5 Å². The number of rotatable bonds is 7. The molecule has 1 aliphatic carbocycles. The number of carbonyl (C=O) groups is 3. The molecule has 0 amide bonds. The maximum atomic E-state index is 12.2. The average Bonchev–Trinajstić information content (AvgIpc) is 2.73. The maximum absolute atomic E-state index is 12.2. The third-order valence-electron chi connectivity index (χ3n) is 4.86. The summed E-state index contributed by atoms with van der Waals surface area (Å²) in [5, 5.41) is 0. The number of hydrogen-bond acceptors (Lipinski definition) is 4. The van der Waals surface area contributed by atoms with Gasteiger partial charge in [0.1, 0.15) is 0 Å². The number of hydrogen-bond donors (Lipinski definition) is 0. The summed E-state index contributed by atoms with van der Waals surface area (Å²) >= 11 is 0. The molecule has 4 heteroatoms. The van der Waals surface area contributed by atoms with Gasteiger partial charge in [0.15, 0.2) is 23.6 Å². The van der Waals surface area contributed by atoms with E-state index in [-0.39, 0.29) is 17.5 Å². The summed E-state index contributed by atoms with van der Waals surface area (Å²) in [5.41, 5.74) is 0. The van der Waals surface area contributed by atoms with E-state index in [4.69, 9.17) is 4.74 Å². The van der Waals surface area contributed by atoms with Crippen molar-refractivity contribution in [2.24, 2.45) is 17.8 Å². The molecule has 0 aromatic carbocycles. The molecule has 1 aliphatic heterocycles. The molecule has 1 saturated carbocycles. The van der Waals surface area contributed by atoms with Gasteiger partial charge in [-0.05, 0) is 24.7 Å². The van der Waals surface area contributed by atoms with Crippen LogP contribution in [0.5, 0.6) is 0 Å². The lowest BCUT2D eigenvalue weighted by Crippen LogP contribution is -2.28. The van der Waals surface area contributed by atoms with Gasteiger partial charge in [-0.3, -0.25) is 14.4 Å². The third kappa shape index (κ3) is 4.40. The molecule has 0 radical (unpaired) electrons. The number of carbonyl (C=O) groups excluding carboxylic acids is 3. The highest BCUT2D eigenvalue weighted by Crippen LogP contribution is 2.29. The highest BCUT2D eigenvalue weighted by molar-refractivity contribution is 6.21. The van der Waals surface area contributed by atoms with Crippen molar-refractivity contribution in [1.82, 2.24) is 0 Å². The molecule has 2 rings (SSSR count). The van der Waals surface area contributed by atoms with E-state index in [0.29, 0.717) is 12.8 Å². The van der Waals surface area contributed by atoms with Crippen LogP contribution in [0, 0.1) is 17.8 Å². The monoisotopic (exact) mass is 308 g/mol. The van der Waals surface area contributed by atoms with E-state index in [1.807, 2.05) is 13.8 Å². The molecule has 2 aliphatic rings. The Balaban J connectivity index is 1.78. The minimum absolute atomic E-state index is 0.239. The van der Waals surface area contributed by atoms with Gasteiger partial charge >= 0.3 is 5.97 Å². The molecule has 1 saturated heterocycles. The second-order valence-electron chi connectivity index (χ2n) is 7.25. The average molecular weight is 308 g/mol. The summed E-state index contributed by atoms with van der Waals surface area (Å²) in [5.74, 6) is -1.34. The van der Waals surface area contributed by atoms with E-state index >= 15 is 0 Å². The lowest BCUT2D eigenvalue weighted by molar-refractivity contribution is -0.147. The van der Waals surface area contributed by atoms with Crippen molar-refractivity contribution in [3.63, 3.8) is 0 Å².